The smallest absolute Gasteiger partial charge is 0.240 e. The summed E-state index contributed by atoms with van der Waals surface area (Å²) in [5.41, 5.74) is 6.08. The van der Waals surface area contributed by atoms with E-state index in [1.807, 2.05) is 6.92 Å². The Morgan fingerprint density at radius 1 is 1.62 bits per heavy atom. The molecule has 0 spiro atoms. The Kier molecular flexibility index (Phi) is 2.96. The van der Waals surface area contributed by atoms with Gasteiger partial charge in [0.1, 0.15) is 11.5 Å². The topological polar surface area (TPSA) is 81.2 Å². The van der Waals surface area contributed by atoms with Crippen LogP contribution in [0.15, 0.2) is 10.6 Å². The predicted octanol–water partition coefficient (Wildman–Crippen LogP) is 0.871. The number of nitrogens with one attached hydrogen (secondary N) is 1. The molecule has 1 saturated carbocycles. The number of aromatic nitrogens is 1. The van der Waals surface area contributed by atoms with E-state index >= 15 is 0 Å². The predicted molar refractivity (Wildman–Crippen MR) is 58.5 cm³/mol. The largest absolute Gasteiger partial charge is 0.361 e. The van der Waals surface area contributed by atoms with Gasteiger partial charge in [-0.3, -0.25) is 4.79 Å². The lowest BCUT2D eigenvalue weighted by Gasteiger charge is -2.21. The zero-order valence-corrected chi connectivity index (χ0v) is 9.45. The Hall–Kier alpha value is -1.36. The molecule has 1 aromatic heterocycles. The zero-order valence-electron chi connectivity index (χ0n) is 9.45. The Bertz CT molecular complexity index is 380. The van der Waals surface area contributed by atoms with Gasteiger partial charge in [0, 0.05) is 6.07 Å². The Balaban J connectivity index is 1.88. The van der Waals surface area contributed by atoms with E-state index in [2.05, 4.69) is 10.5 Å². The molecule has 1 amide bonds. The summed E-state index contributed by atoms with van der Waals surface area (Å²) >= 11 is 0. The summed E-state index contributed by atoms with van der Waals surface area (Å²) in [4.78, 5) is 11.9. The molecule has 1 aliphatic rings. The van der Waals surface area contributed by atoms with Crippen molar-refractivity contribution >= 4 is 5.91 Å². The standard InChI is InChI=1S/C11H17N3O2/c1-8-6-9(14-16-8)7-13-10(15)11(12)4-2-3-5-11/h6H,2-5,7,12H2,1H3,(H,13,15). The van der Waals surface area contributed by atoms with Gasteiger partial charge < -0.3 is 15.6 Å². The molecule has 0 aliphatic heterocycles. The molecular formula is C11H17N3O2. The van der Waals surface area contributed by atoms with Crippen LogP contribution in [0, 0.1) is 6.92 Å². The minimum atomic E-state index is -0.668. The SMILES string of the molecule is Cc1cc(CNC(=O)C2(N)CCCC2)no1. The van der Waals surface area contributed by atoms with Crippen molar-refractivity contribution in [2.45, 2.75) is 44.7 Å². The normalized spacial score (nSPS) is 18.6. The second kappa shape index (κ2) is 4.25. The van der Waals surface area contributed by atoms with E-state index in [4.69, 9.17) is 10.3 Å². The monoisotopic (exact) mass is 223 g/mol. The molecule has 5 nitrogen and oxygen atoms in total. The molecule has 2 rings (SSSR count). The van der Waals surface area contributed by atoms with Gasteiger partial charge in [-0.25, -0.2) is 0 Å². The van der Waals surface area contributed by atoms with Crippen LogP contribution in [0.25, 0.3) is 0 Å². The molecule has 16 heavy (non-hydrogen) atoms. The maximum atomic E-state index is 11.9. The Morgan fingerprint density at radius 3 is 2.88 bits per heavy atom. The van der Waals surface area contributed by atoms with Gasteiger partial charge in [0.2, 0.25) is 5.91 Å². The van der Waals surface area contributed by atoms with Crippen LogP contribution in [0.4, 0.5) is 0 Å². The molecule has 3 N–H and O–H groups in total. The van der Waals surface area contributed by atoms with Gasteiger partial charge in [-0.05, 0) is 19.8 Å². The van der Waals surface area contributed by atoms with E-state index in [1.165, 1.54) is 0 Å². The maximum absolute atomic E-state index is 11.9. The van der Waals surface area contributed by atoms with Crippen molar-refractivity contribution in [2.75, 3.05) is 0 Å². The van der Waals surface area contributed by atoms with E-state index < -0.39 is 5.54 Å². The minimum absolute atomic E-state index is 0.0781. The van der Waals surface area contributed by atoms with Gasteiger partial charge in [0.15, 0.2) is 0 Å². The highest BCUT2D eigenvalue weighted by Gasteiger charge is 2.36. The van der Waals surface area contributed by atoms with Gasteiger partial charge in [-0.15, -0.1) is 0 Å². The number of nitrogens with zero attached hydrogens (tertiary/aromatic N) is 1. The number of nitrogens with two attached hydrogens (primary N) is 1. The molecule has 0 saturated heterocycles. The van der Waals surface area contributed by atoms with Crippen LogP contribution >= 0.6 is 0 Å². The summed E-state index contributed by atoms with van der Waals surface area (Å²) in [6, 6.07) is 1.80. The molecule has 0 aromatic carbocycles. The third kappa shape index (κ3) is 2.24. The van der Waals surface area contributed by atoms with Crippen molar-refractivity contribution in [1.82, 2.24) is 10.5 Å². The fourth-order valence-corrected chi connectivity index (χ4v) is 2.08. The fourth-order valence-electron chi connectivity index (χ4n) is 2.08. The average Bonchev–Trinajstić information content (AvgIpc) is 2.85. The van der Waals surface area contributed by atoms with E-state index in [0.717, 1.165) is 37.1 Å². The highest BCUT2D eigenvalue weighted by molar-refractivity contribution is 5.86. The number of aryl methyl sites for hydroxylation is 1. The lowest BCUT2D eigenvalue weighted by molar-refractivity contribution is -0.126. The molecule has 0 radical (unpaired) electrons. The molecule has 1 fully saturated rings. The third-order valence-corrected chi connectivity index (χ3v) is 3.05. The summed E-state index contributed by atoms with van der Waals surface area (Å²) in [7, 11) is 0. The highest BCUT2D eigenvalue weighted by Crippen LogP contribution is 2.27. The summed E-state index contributed by atoms with van der Waals surface area (Å²) in [6.07, 6.45) is 3.62. The van der Waals surface area contributed by atoms with Crippen LogP contribution < -0.4 is 11.1 Å². The number of carbonyl (C=O) groups excluding carboxylic acids is 1. The first-order valence-electron chi connectivity index (χ1n) is 5.59. The number of rotatable bonds is 3. The molecule has 5 heteroatoms. The first-order chi connectivity index (χ1) is 7.60. The van der Waals surface area contributed by atoms with E-state index in [0.29, 0.717) is 6.54 Å². The summed E-state index contributed by atoms with van der Waals surface area (Å²) < 4.78 is 4.91. The number of hydrogen-bond donors (Lipinski definition) is 2. The van der Waals surface area contributed by atoms with Gasteiger partial charge in [-0.2, -0.15) is 0 Å². The summed E-state index contributed by atoms with van der Waals surface area (Å²) in [5.74, 6) is 0.665. The second-order valence-electron chi connectivity index (χ2n) is 4.47. The lowest BCUT2D eigenvalue weighted by atomic mass is 9.98. The van der Waals surface area contributed by atoms with Crippen molar-refractivity contribution < 1.29 is 9.32 Å². The first kappa shape index (κ1) is 11.1. The van der Waals surface area contributed by atoms with Crippen molar-refractivity contribution in [3.63, 3.8) is 0 Å². The minimum Gasteiger partial charge on any atom is -0.361 e. The fraction of sp³-hybridized carbons (Fsp3) is 0.636. The second-order valence-corrected chi connectivity index (χ2v) is 4.47. The van der Waals surface area contributed by atoms with Crippen LogP contribution in [-0.4, -0.2) is 16.6 Å². The average molecular weight is 223 g/mol. The molecule has 0 bridgehead atoms. The van der Waals surface area contributed by atoms with Crippen LogP contribution in [0.5, 0.6) is 0 Å². The molecule has 1 heterocycles. The Morgan fingerprint density at radius 2 is 2.31 bits per heavy atom. The zero-order chi connectivity index (χ0) is 11.6. The van der Waals surface area contributed by atoms with Crippen molar-refractivity contribution in [2.24, 2.45) is 5.73 Å². The molecule has 88 valence electrons. The quantitative estimate of drug-likeness (QED) is 0.796. The molecule has 1 aromatic rings. The van der Waals surface area contributed by atoms with E-state index in [1.54, 1.807) is 6.07 Å². The Labute approximate surface area is 94.4 Å². The van der Waals surface area contributed by atoms with Crippen LogP contribution in [0.2, 0.25) is 0 Å². The highest BCUT2D eigenvalue weighted by atomic mass is 16.5. The number of hydrogen-bond acceptors (Lipinski definition) is 4. The number of amides is 1. The van der Waals surface area contributed by atoms with Gasteiger partial charge in [0.25, 0.3) is 0 Å². The summed E-state index contributed by atoms with van der Waals surface area (Å²) in [6.45, 7) is 2.20. The van der Waals surface area contributed by atoms with Crippen molar-refractivity contribution in [3.8, 4) is 0 Å². The van der Waals surface area contributed by atoms with Gasteiger partial charge in [-0.1, -0.05) is 18.0 Å². The lowest BCUT2D eigenvalue weighted by Crippen LogP contribution is -2.51. The first-order valence-corrected chi connectivity index (χ1v) is 5.59. The van der Waals surface area contributed by atoms with Crippen molar-refractivity contribution in [3.05, 3.63) is 17.5 Å². The van der Waals surface area contributed by atoms with Crippen LogP contribution in [0.1, 0.15) is 37.1 Å². The maximum Gasteiger partial charge on any atom is 0.240 e. The third-order valence-electron chi connectivity index (χ3n) is 3.05. The molecule has 0 atom stereocenters. The molecule has 0 unspecified atom stereocenters. The summed E-state index contributed by atoms with van der Waals surface area (Å²) in [5, 5.41) is 6.61. The van der Waals surface area contributed by atoms with Gasteiger partial charge >= 0.3 is 0 Å². The van der Waals surface area contributed by atoms with Crippen LogP contribution in [-0.2, 0) is 11.3 Å². The van der Waals surface area contributed by atoms with Gasteiger partial charge in [0.05, 0.1) is 12.1 Å². The van der Waals surface area contributed by atoms with E-state index in [-0.39, 0.29) is 5.91 Å². The van der Waals surface area contributed by atoms with Crippen LogP contribution in [0.3, 0.4) is 0 Å². The van der Waals surface area contributed by atoms with E-state index in [9.17, 15) is 4.79 Å². The molecule has 1 aliphatic carbocycles. The molecular weight excluding hydrogens is 206 g/mol. The van der Waals surface area contributed by atoms with Crippen molar-refractivity contribution in [1.29, 1.82) is 0 Å². The number of carbonyl (C=O) groups is 1.